The van der Waals surface area contributed by atoms with E-state index in [1.54, 1.807) is 11.3 Å². The number of carbonyl (C=O) groups excluding carboxylic acids is 1. The summed E-state index contributed by atoms with van der Waals surface area (Å²) in [5, 5.41) is 14.7. The molecule has 0 bridgehead atoms. The Kier molecular flexibility index (Phi) is 3.56. The Hall–Kier alpha value is -1.69. The van der Waals surface area contributed by atoms with Crippen molar-refractivity contribution in [3.05, 3.63) is 16.8 Å². The van der Waals surface area contributed by atoms with Crippen LogP contribution in [0.4, 0.5) is 5.82 Å². The van der Waals surface area contributed by atoms with Crippen LogP contribution in [0.5, 0.6) is 0 Å². The summed E-state index contributed by atoms with van der Waals surface area (Å²) in [6.07, 6.45) is 4.87. The Labute approximate surface area is 121 Å². The molecule has 0 amide bonds. The first-order chi connectivity index (χ1) is 9.65. The van der Waals surface area contributed by atoms with Crippen molar-refractivity contribution in [2.75, 3.05) is 11.9 Å². The van der Waals surface area contributed by atoms with Gasteiger partial charge in [-0.1, -0.05) is 6.92 Å². The van der Waals surface area contributed by atoms with E-state index < -0.39 is 5.97 Å². The molecule has 0 radical (unpaired) electrons. The smallest absolute Gasteiger partial charge is 0.138 e. The third-order valence-electron chi connectivity index (χ3n) is 3.71. The number of aliphatic carboxylic acids is 1. The van der Waals surface area contributed by atoms with Crippen molar-refractivity contribution < 1.29 is 9.90 Å². The summed E-state index contributed by atoms with van der Waals surface area (Å²) in [5.41, 5.74) is 1.35. The molecular weight excluding hydrogens is 274 g/mol. The Morgan fingerprint density at radius 1 is 1.55 bits per heavy atom. The Morgan fingerprint density at radius 2 is 2.40 bits per heavy atom. The minimum Gasteiger partial charge on any atom is -0.550 e. The fourth-order valence-electron chi connectivity index (χ4n) is 2.69. The summed E-state index contributed by atoms with van der Waals surface area (Å²) in [5.74, 6) is 0.422. The van der Waals surface area contributed by atoms with Crippen LogP contribution in [-0.2, 0) is 17.6 Å². The monoisotopic (exact) mass is 290 g/mol. The van der Waals surface area contributed by atoms with E-state index in [1.165, 1.54) is 23.2 Å². The predicted octanol–water partition coefficient (Wildman–Crippen LogP) is 1.37. The van der Waals surface area contributed by atoms with E-state index in [2.05, 4.69) is 22.2 Å². The minimum atomic E-state index is -1.05. The topological polar surface area (TPSA) is 77.9 Å². The van der Waals surface area contributed by atoms with Gasteiger partial charge >= 0.3 is 0 Å². The van der Waals surface area contributed by atoms with Gasteiger partial charge in [0.1, 0.15) is 17.0 Å². The maximum Gasteiger partial charge on any atom is 0.138 e. The highest BCUT2D eigenvalue weighted by molar-refractivity contribution is 7.19. The van der Waals surface area contributed by atoms with Crippen molar-refractivity contribution in [3.63, 3.8) is 0 Å². The summed E-state index contributed by atoms with van der Waals surface area (Å²) >= 11 is 1.74. The zero-order valence-electron chi connectivity index (χ0n) is 11.3. The lowest BCUT2D eigenvalue weighted by molar-refractivity contribution is -0.305. The molecule has 3 rings (SSSR count). The van der Waals surface area contributed by atoms with E-state index in [1.807, 2.05) is 0 Å². The van der Waals surface area contributed by atoms with Gasteiger partial charge in [0, 0.05) is 23.8 Å². The van der Waals surface area contributed by atoms with Crippen LogP contribution in [0.15, 0.2) is 6.33 Å². The van der Waals surface area contributed by atoms with Crippen molar-refractivity contribution in [2.45, 2.75) is 32.6 Å². The van der Waals surface area contributed by atoms with Gasteiger partial charge in [0.15, 0.2) is 0 Å². The predicted molar refractivity (Wildman–Crippen MR) is 76.7 cm³/mol. The van der Waals surface area contributed by atoms with Crippen molar-refractivity contribution in [3.8, 4) is 0 Å². The zero-order valence-corrected chi connectivity index (χ0v) is 12.1. The number of carboxylic acid groups (broad SMARTS) is 1. The van der Waals surface area contributed by atoms with Crippen molar-refractivity contribution in [1.29, 1.82) is 0 Å². The number of hydrogen-bond acceptors (Lipinski definition) is 6. The third kappa shape index (κ3) is 2.47. The molecule has 0 fully saturated rings. The van der Waals surface area contributed by atoms with Crippen LogP contribution in [0.1, 0.15) is 30.2 Å². The quantitative estimate of drug-likeness (QED) is 0.920. The highest BCUT2D eigenvalue weighted by Gasteiger charge is 2.22. The van der Waals surface area contributed by atoms with Crippen LogP contribution < -0.4 is 10.4 Å². The molecule has 1 N–H and O–H groups in total. The number of carbonyl (C=O) groups is 1. The Bertz CT molecular complexity index is 653. The summed E-state index contributed by atoms with van der Waals surface area (Å²) in [7, 11) is 0. The van der Waals surface area contributed by atoms with Gasteiger partial charge in [0.25, 0.3) is 0 Å². The molecule has 2 heterocycles. The number of aryl methyl sites for hydroxylation is 1. The first kappa shape index (κ1) is 13.3. The fourth-order valence-corrected chi connectivity index (χ4v) is 4.04. The molecule has 1 atom stereocenters. The van der Waals surface area contributed by atoms with Crippen LogP contribution >= 0.6 is 11.3 Å². The molecule has 0 saturated carbocycles. The summed E-state index contributed by atoms with van der Waals surface area (Å²) in [6, 6.07) is 0. The van der Waals surface area contributed by atoms with Crippen LogP contribution in [0.3, 0.4) is 0 Å². The average molecular weight is 290 g/mol. The van der Waals surface area contributed by atoms with Gasteiger partial charge in [0.2, 0.25) is 0 Å². The van der Waals surface area contributed by atoms with Crippen LogP contribution in [-0.4, -0.2) is 22.5 Å². The SMILES string of the molecule is C[C@H]1CCc2c(sc3ncnc(NCCC(=O)[O-])c23)C1. The maximum absolute atomic E-state index is 10.5. The lowest BCUT2D eigenvalue weighted by atomic mass is 9.89. The minimum absolute atomic E-state index is 0.0190. The number of fused-ring (bicyclic) bond motifs is 3. The number of hydrogen-bond donors (Lipinski definition) is 1. The molecule has 106 valence electrons. The second kappa shape index (κ2) is 5.36. The van der Waals surface area contributed by atoms with Crippen molar-refractivity contribution >= 4 is 33.3 Å². The fraction of sp³-hybridized carbons (Fsp3) is 0.500. The Morgan fingerprint density at radius 3 is 3.20 bits per heavy atom. The average Bonchev–Trinajstić information content (AvgIpc) is 2.76. The first-order valence-electron chi connectivity index (χ1n) is 6.84. The number of carboxylic acids is 1. The number of anilines is 1. The lowest BCUT2D eigenvalue weighted by Gasteiger charge is -2.18. The van der Waals surface area contributed by atoms with E-state index in [0.29, 0.717) is 6.54 Å². The number of nitrogens with one attached hydrogen (secondary N) is 1. The molecule has 2 aromatic heterocycles. The molecule has 5 nitrogen and oxygen atoms in total. The molecular formula is C14H16N3O2S-. The summed E-state index contributed by atoms with van der Waals surface area (Å²) < 4.78 is 0. The van der Waals surface area contributed by atoms with Gasteiger partial charge in [0.05, 0.1) is 5.39 Å². The van der Waals surface area contributed by atoms with Gasteiger partial charge in [-0.25, -0.2) is 9.97 Å². The molecule has 0 aliphatic heterocycles. The molecule has 2 aromatic rings. The van der Waals surface area contributed by atoms with Crippen LogP contribution in [0.2, 0.25) is 0 Å². The lowest BCUT2D eigenvalue weighted by Crippen LogP contribution is -2.24. The van der Waals surface area contributed by atoms with E-state index in [9.17, 15) is 9.90 Å². The van der Waals surface area contributed by atoms with E-state index in [-0.39, 0.29) is 6.42 Å². The first-order valence-corrected chi connectivity index (χ1v) is 7.65. The highest BCUT2D eigenvalue weighted by atomic mass is 32.1. The molecule has 1 aliphatic carbocycles. The van der Waals surface area contributed by atoms with Crippen LogP contribution in [0, 0.1) is 5.92 Å². The molecule has 0 aromatic carbocycles. The van der Waals surface area contributed by atoms with Gasteiger partial charge in [-0.15, -0.1) is 11.3 Å². The largest absolute Gasteiger partial charge is 0.550 e. The molecule has 0 saturated heterocycles. The van der Waals surface area contributed by atoms with Crippen molar-refractivity contribution in [2.24, 2.45) is 5.92 Å². The standard InChI is InChI=1S/C14H17N3O2S/c1-8-2-3-9-10(6-8)20-14-12(9)13(16-7-17-14)15-5-4-11(18)19/h7-8H,2-6H2,1H3,(H,18,19)(H,15,16,17)/p-1/t8-/m0/s1. The van der Waals surface area contributed by atoms with E-state index >= 15 is 0 Å². The molecule has 1 aliphatic rings. The number of nitrogens with zero attached hydrogens (tertiary/aromatic N) is 2. The van der Waals surface area contributed by atoms with Gasteiger partial charge in [-0.2, -0.15) is 0 Å². The zero-order chi connectivity index (χ0) is 14.1. The van der Waals surface area contributed by atoms with Gasteiger partial charge in [-0.05, 0) is 30.7 Å². The number of rotatable bonds is 4. The van der Waals surface area contributed by atoms with E-state index in [0.717, 1.165) is 34.8 Å². The van der Waals surface area contributed by atoms with Gasteiger partial charge < -0.3 is 15.2 Å². The summed E-state index contributed by atoms with van der Waals surface area (Å²) in [4.78, 5) is 21.5. The second-order valence-corrected chi connectivity index (χ2v) is 6.39. The van der Waals surface area contributed by atoms with Crippen molar-refractivity contribution in [1.82, 2.24) is 9.97 Å². The maximum atomic E-state index is 10.5. The molecule has 20 heavy (non-hydrogen) atoms. The molecule has 0 unspecified atom stereocenters. The number of thiophene rings is 1. The van der Waals surface area contributed by atoms with Gasteiger partial charge in [-0.3, -0.25) is 0 Å². The Balaban J connectivity index is 1.94. The molecule has 6 heteroatoms. The van der Waals surface area contributed by atoms with Crippen LogP contribution in [0.25, 0.3) is 10.2 Å². The molecule has 0 spiro atoms. The van der Waals surface area contributed by atoms with E-state index in [4.69, 9.17) is 0 Å². The normalized spacial score (nSPS) is 17.9. The second-order valence-electron chi connectivity index (χ2n) is 5.30. The number of aromatic nitrogens is 2. The highest BCUT2D eigenvalue weighted by Crippen LogP contribution is 2.39. The summed E-state index contributed by atoms with van der Waals surface area (Å²) in [6.45, 7) is 2.60. The third-order valence-corrected chi connectivity index (χ3v) is 4.88.